The van der Waals surface area contributed by atoms with Crippen LogP contribution in [0.5, 0.6) is 11.6 Å². The van der Waals surface area contributed by atoms with Gasteiger partial charge in [0.25, 0.3) is 0 Å². The largest absolute Gasteiger partial charge is 0.437 e. The van der Waals surface area contributed by atoms with Gasteiger partial charge >= 0.3 is 0 Å². The minimum absolute atomic E-state index is 0.334. The molecule has 1 aromatic heterocycles. The minimum atomic E-state index is 0.334. The first-order valence-corrected chi connectivity index (χ1v) is 5.04. The SMILES string of the molecule is Cc1ccc(Cl)cc1Oc1ncncc1N. The Balaban J connectivity index is 2.34. The van der Waals surface area contributed by atoms with E-state index in [1.165, 1.54) is 12.5 Å². The molecule has 5 heteroatoms. The molecule has 0 radical (unpaired) electrons. The highest BCUT2D eigenvalue weighted by atomic mass is 35.5. The average Bonchev–Trinajstić information content (AvgIpc) is 2.27. The Kier molecular flexibility index (Phi) is 2.92. The van der Waals surface area contributed by atoms with Crippen LogP contribution in [0.4, 0.5) is 5.69 Å². The van der Waals surface area contributed by atoms with E-state index in [1.807, 2.05) is 13.0 Å². The lowest BCUT2D eigenvalue weighted by molar-refractivity contribution is 0.461. The maximum Gasteiger partial charge on any atom is 0.245 e. The fourth-order valence-electron chi connectivity index (χ4n) is 1.20. The van der Waals surface area contributed by atoms with E-state index in [-0.39, 0.29) is 0 Å². The first kappa shape index (κ1) is 10.7. The Bertz CT molecular complexity index is 516. The standard InChI is InChI=1S/C11H10ClN3O/c1-7-2-3-8(12)4-10(7)16-11-9(13)5-14-6-15-11/h2-6H,13H2,1H3. The van der Waals surface area contributed by atoms with Gasteiger partial charge in [0.05, 0.1) is 6.20 Å². The number of aromatic nitrogens is 2. The molecule has 0 bridgehead atoms. The number of anilines is 1. The van der Waals surface area contributed by atoms with Gasteiger partial charge in [0, 0.05) is 5.02 Å². The predicted molar refractivity (Wildman–Crippen MR) is 62.7 cm³/mol. The molecule has 0 atom stereocenters. The van der Waals surface area contributed by atoms with Crippen LogP contribution in [-0.4, -0.2) is 9.97 Å². The summed E-state index contributed by atoms with van der Waals surface area (Å²) in [6, 6.07) is 5.39. The first-order chi connectivity index (χ1) is 7.66. The van der Waals surface area contributed by atoms with Gasteiger partial charge in [0.2, 0.25) is 5.88 Å². The van der Waals surface area contributed by atoms with Crippen molar-refractivity contribution >= 4 is 17.3 Å². The number of hydrogen-bond acceptors (Lipinski definition) is 4. The lowest BCUT2D eigenvalue weighted by atomic mass is 10.2. The van der Waals surface area contributed by atoms with E-state index >= 15 is 0 Å². The highest BCUT2D eigenvalue weighted by molar-refractivity contribution is 6.30. The fraction of sp³-hybridized carbons (Fsp3) is 0.0909. The molecule has 2 rings (SSSR count). The summed E-state index contributed by atoms with van der Waals surface area (Å²) in [7, 11) is 0. The van der Waals surface area contributed by atoms with E-state index in [2.05, 4.69) is 9.97 Å². The van der Waals surface area contributed by atoms with Crippen molar-refractivity contribution in [3.8, 4) is 11.6 Å². The van der Waals surface area contributed by atoms with Gasteiger partial charge in [0.1, 0.15) is 17.8 Å². The van der Waals surface area contributed by atoms with Gasteiger partial charge in [-0.3, -0.25) is 0 Å². The molecule has 2 N–H and O–H groups in total. The van der Waals surface area contributed by atoms with Crippen LogP contribution in [0.1, 0.15) is 5.56 Å². The summed E-state index contributed by atoms with van der Waals surface area (Å²) in [6.07, 6.45) is 2.87. The van der Waals surface area contributed by atoms with Crippen LogP contribution in [0.2, 0.25) is 5.02 Å². The summed E-state index contributed by atoms with van der Waals surface area (Å²) >= 11 is 5.88. The second-order valence-corrected chi connectivity index (χ2v) is 3.73. The normalized spacial score (nSPS) is 10.1. The monoisotopic (exact) mass is 235 g/mol. The van der Waals surface area contributed by atoms with Crippen LogP contribution in [0.3, 0.4) is 0 Å². The molecule has 0 aliphatic rings. The zero-order chi connectivity index (χ0) is 11.5. The van der Waals surface area contributed by atoms with Crippen molar-refractivity contribution in [1.29, 1.82) is 0 Å². The van der Waals surface area contributed by atoms with E-state index < -0.39 is 0 Å². The minimum Gasteiger partial charge on any atom is -0.437 e. The predicted octanol–water partition coefficient (Wildman–Crippen LogP) is 2.81. The second-order valence-electron chi connectivity index (χ2n) is 3.30. The molecular weight excluding hydrogens is 226 g/mol. The summed E-state index contributed by atoms with van der Waals surface area (Å²) in [6.45, 7) is 1.92. The smallest absolute Gasteiger partial charge is 0.245 e. The van der Waals surface area contributed by atoms with Crippen LogP contribution < -0.4 is 10.5 Å². The van der Waals surface area contributed by atoms with Gasteiger partial charge in [0.15, 0.2) is 0 Å². The molecule has 2 aromatic rings. The number of rotatable bonds is 2. The number of ether oxygens (including phenoxy) is 1. The Morgan fingerprint density at radius 1 is 1.38 bits per heavy atom. The van der Waals surface area contributed by atoms with Gasteiger partial charge in [-0.05, 0) is 24.6 Å². The molecule has 0 unspecified atom stereocenters. The topological polar surface area (TPSA) is 61.0 Å². The molecule has 0 spiro atoms. The zero-order valence-electron chi connectivity index (χ0n) is 8.64. The van der Waals surface area contributed by atoms with E-state index in [4.69, 9.17) is 22.1 Å². The molecule has 82 valence electrons. The van der Waals surface area contributed by atoms with Crippen LogP contribution in [0.25, 0.3) is 0 Å². The fourth-order valence-corrected chi connectivity index (χ4v) is 1.36. The number of nitrogens with zero attached hydrogens (tertiary/aromatic N) is 2. The molecule has 0 saturated carbocycles. The van der Waals surface area contributed by atoms with E-state index in [0.717, 1.165) is 5.56 Å². The Morgan fingerprint density at radius 3 is 2.94 bits per heavy atom. The number of hydrogen-bond donors (Lipinski definition) is 1. The van der Waals surface area contributed by atoms with Crippen molar-refractivity contribution in [2.45, 2.75) is 6.92 Å². The molecule has 1 aromatic carbocycles. The van der Waals surface area contributed by atoms with Crippen molar-refractivity contribution in [2.24, 2.45) is 0 Å². The van der Waals surface area contributed by atoms with E-state index in [1.54, 1.807) is 12.1 Å². The lowest BCUT2D eigenvalue weighted by Crippen LogP contribution is -1.96. The van der Waals surface area contributed by atoms with Crippen LogP contribution in [-0.2, 0) is 0 Å². The number of nitrogens with two attached hydrogens (primary N) is 1. The van der Waals surface area contributed by atoms with Crippen molar-refractivity contribution < 1.29 is 4.74 Å². The second kappa shape index (κ2) is 4.37. The molecule has 0 amide bonds. The summed E-state index contributed by atoms with van der Waals surface area (Å²) in [5.41, 5.74) is 7.02. The maximum atomic E-state index is 5.88. The maximum absolute atomic E-state index is 5.88. The number of benzene rings is 1. The van der Waals surface area contributed by atoms with E-state index in [9.17, 15) is 0 Å². The highest BCUT2D eigenvalue weighted by Crippen LogP contribution is 2.28. The highest BCUT2D eigenvalue weighted by Gasteiger charge is 2.06. The molecule has 0 aliphatic carbocycles. The molecule has 0 fully saturated rings. The zero-order valence-corrected chi connectivity index (χ0v) is 9.40. The third-order valence-electron chi connectivity index (χ3n) is 2.06. The molecule has 4 nitrogen and oxygen atoms in total. The van der Waals surface area contributed by atoms with Gasteiger partial charge < -0.3 is 10.5 Å². The van der Waals surface area contributed by atoms with Crippen molar-refractivity contribution in [2.75, 3.05) is 5.73 Å². The van der Waals surface area contributed by atoms with Crippen molar-refractivity contribution in [1.82, 2.24) is 9.97 Å². The quantitative estimate of drug-likeness (QED) is 0.870. The summed E-state index contributed by atoms with van der Waals surface area (Å²) in [5, 5.41) is 0.605. The molecular formula is C11H10ClN3O. The van der Waals surface area contributed by atoms with Crippen molar-refractivity contribution in [3.63, 3.8) is 0 Å². The van der Waals surface area contributed by atoms with Gasteiger partial charge in [-0.2, -0.15) is 4.98 Å². The van der Waals surface area contributed by atoms with Gasteiger partial charge in [-0.1, -0.05) is 17.7 Å². The molecule has 0 saturated heterocycles. The summed E-state index contributed by atoms with van der Waals surface area (Å²) in [5.74, 6) is 0.971. The number of nitrogen functional groups attached to an aromatic ring is 1. The van der Waals surface area contributed by atoms with E-state index in [0.29, 0.717) is 22.3 Å². The summed E-state index contributed by atoms with van der Waals surface area (Å²) < 4.78 is 5.56. The Morgan fingerprint density at radius 2 is 2.19 bits per heavy atom. The Labute approximate surface area is 98.0 Å². The Hall–Kier alpha value is -1.81. The van der Waals surface area contributed by atoms with Crippen LogP contribution in [0, 0.1) is 6.92 Å². The van der Waals surface area contributed by atoms with Crippen molar-refractivity contribution in [3.05, 3.63) is 41.3 Å². The third-order valence-corrected chi connectivity index (χ3v) is 2.29. The molecule has 0 aliphatic heterocycles. The number of aryl methyl sites for hydroxylation is 1. The average molecular weight is 236 g/mol. The number of halogens is 1. The first-order valence-electron chi connectivity index (χ1n) is 4.66. The molecule has 1 heterocycles. The van der Waals surface area contributed by atoms with Gasteiger partial charge in [-0.15, -0.1) is 0 Å². The molecule has 16 heavy (non-hydrogen) atoms. The lowest BCUT2D eigenvalue weighted by Gasteiger charge is -2.09. The third kappa shape index (κ3) is 2.23. The van der Waals surface area contributed by atoms with Crippen LogP contribution >= 0.6 is 11.6 Å². The summed E-state index contributed by atoms with van der Waals surface area (Å²) in [4.78, 5) is 7.73. The van der Waals surface area contributed by atoms with Crippen LogP contribution in [0.15, 0.2) is 30.7 Å². The van der Waals surface area contributed by atoms with Gasteiger partial charge in [-0.25, -0.2) is 4.98 Å².